The standard InChI is InChI=1S/C19H21ClN2O4S/c1-2-10-21-19(23)13-26-18-8-7-15(12-16(18)20)27(24,25)22-11-9-14-5-3-4-6-17(14)22/h3-8,12H,2,9-11,13H2,1H3,(H,21,23). The lowest BCUT2D eigenvalue weighted by Crippen LogP contribution is -2.29. The average Bonchev–Trinajstić information content (AvgIpc) is 3.10. The Morgan fingerprint density at radius 3 is 2.78 bits per heavy atom. The summed E-state index contributed by atoms with van der Waals surface area (Å²) in [6, 6.07) is 11.7. The Balaban J connectivity index is 1.76. The number of nitrogens with zero attached hydrogens (tertiary/aromatic N) is 1. The molecule has 0 spiro atoms. The summed E-state index contributed by atoms with van der Waals surface area (Å²) in [4.78, 5) is 11.7. The van der Waals surface area contributed by atoms with E-state index >= 15 is 0 Å². The van der Waals surface area contributed by atoms with Crippen LogP contribution in [0.3, 0.4) is 0 Å². The molecule has 0 atom stereocenters. The zero-order chi connectivity index (χ0) is 19.4. The maximum atomic E-state index is 13.0. The van der Waals surface area contributed by atoms with Crippen LogP contribution in [0.4, 0.5) is 5.69 Å². The molecule has 2 aromatic rings. The van der Waals surface area contributed by atoms with Crippen molar-refractivity contribution in [1.82, 2.24) is 5.32 Å². The van der Waals surface area contributed by atoms with E-state index < -0.39 is 10.0 Å². The third-order valence-electron chi connectivity index (χ3n) is 4.27. The van der Waals surface area contributed by atoms with Gasteiger partial charge in [-0.2, -0.15) is 0 Å². The lowest BCUT2D eigenvalue weighted by Gasteiger charge is -2.20. The quantitative estimate of drug-likeness (QED) is 0.764. The average molecular weight is 409 g/mol. The SMILES string of the molecule is CCCNC(=O)COc1ccc(S(=O)(=O)N2CCc3ccccc32)cc1Cl. The summed E-state index contributed by atoms with van der Waals surface area (Å²) in [5, 5.41) is 2.84. The molecule has 0 aliphatic carbocycles. The molecule has 0 unspecified atom stereocenters. The lowest BCUT2D eigenvalue weighted by molar-refractivity contribution is -0.123. The maximum Gasteiger partial charge on any atom is 0.264 e. The molecule has 2 aromatic carbocycles. The molecule has 1 heterocycles. The summed E-state index contributed by atoms with van der Waals surface area (Å²) in [7, 11) is -3.72. The van der Waals surface area contributed by atoms with Crippen molar-refractivity contribution in [1.29, 1.82) is 0 Å². The number of nitrogens with one attached hydrogen (secondary N) is 1. The zero-order valence-corrected chi connectivity index (χ0v) is 16.5. The smallest absolute Gasteiger partial charge is 0.264 e. The predicted octanol–water partition coefficient (Wildman–Crippen LogP) is 3.00. The van der Waals surface area contributed by atoms with Crippen molar-refractivity contribution < 1.29 is 17.9 Å². The third kappa shape index (κ3) is 4.20. The Kier molecular flexibility index (Phi) is 5.92. The van der Waals surface area contributed by atoms with Gasteiger partial charge in [0.2, 0.25) is 0 Å². The number of hydrogen-bond donors (Lipinski definition) is 1. The highest BCUT2D eigenvalue weighted by Gasteiger charge is 2.31. The minimum absolute atomic E-state index is 0.0898. The van der Waals surface area contributed by atoms with Gasteiger partial charge in [0.25, 0.3) is 15.9 Å². The molecule has 0 radical (unpaired) electrons. The topological polar surface area (TPSA) is 75.7 Å². The number of carbonyl (C=O) groups is 1. The predicted molar refractivity (Wildman–Crippen MR) is 105 cm³/mol. The van der Waals surface area contributed by atoms with Crippen LogP contribution in [0.2, 0.25) is 5.02 Å². The first-order valence-electron chi connectivity index (χ1n) is 8.73. The van der Waals surface area contributed by atoms with E-state index in [1.807, 2.05) is 25.1 Å². The Labute approximate surface area is 164 Å². The van der Waals surface area contributed by atoms with E-state index in [4.69, 9.17) is 16.3 Å². The van der Waals surface area contributed by atoms with Gasteiger partial charge < -0.3 is 10.1 Å². The van der Waals surface area contributed by atoms with Crippen LogP contribution in [0.5, 0.6) is 5.75 Å². The van der Waals surface area contributed by atoms with Crippen LogP contribution in [0.15, 0.2) is 47.4 Å². The molecule has 0 saturated carbocycles. The van der Waals surface area contributed by atoms with Gasteiger partial charge in [-0.1, -0.05) is 36.7 Å². The van der Waals surface area contributed by atoms with E-state index in [-0.39, 0.29) is 28.2 Å². The molecule has 1 amide bonds. The van der Waals surface area contributed by atoms with Crippen LogP contribution in [0.25, 0.3) is 0 Å². The summed E-state index contributed by atoms with van der Waals surface area (Å²) < 4.78 is 32.8. The summed E-state index contributed by atoms with van der Waals surface area (Å²) in [5.74, 6) is 0.0161. The Morgan fingerprint density at radius 2 is 2.04 bits per heavy atom. The third-order valence-corrected chi connectivity index (χ3v) is 6.37. The van der Waals surface area contributed by atoms with Gasteiger partial charge in [0.05, 0.1) is 15.6 Å². The van der Waals surface area contributed by atoms with Gasteiger partial charge in [0.15, 0.2) is 6.61 Å². The number of benzene rings is 2. The van der Waals surface area contributed by atoms with Crippen LogP contribution in [0, 0.1) is 0 Å². The highest BCUT2D eigenvalue weighted by molar-refractivity contribution is 7.92. The molecule has 3 rings (SSSR count). The molecule has 27 heavy (non-hydrogen) atoms. The number of carbonyl (C=O) groups excluding carboxylic acids is 1. The van der Waals surface area contributed by atoms with Crippen molar-refractivity contribution in [2.75, 3.05) is 24.0 Å². The van der Waals surface area contributed by atoms with Crippen molar-refractivity contribution in [3.05, 3.63) is 53.1 Å². The summed E-state index contributed by atoms with van der Waals surface area (Å²) in [6.07, 6.45) is 1.51. The molecule has 0 saturated heterocycles. The van der Waals surface area contributed by atoms with Gasteiger partial charge in [-0.25, -0.2) is 8.42 Å². The fourth-order valence-electron chi connectivity index (χ4n) is 2.90. The number of halogens is 1. The van der Waals surface area contributed by atoms with Crippen LogP contribution in [-0.4, -0.2) is 34.0 Å². The van der Waals surface area contributed by atoms with Crippen LogP contribution in [-0.2, 0) is 21.2 Å². The van der Waals surface area contributed by atoms with Crippen molar-refractivity contribution in [2.45, 2.75) is 24.7 Å². The van der Waals surface area contributed by atoms with Crippen molar-refractivity contribution in [2.24, 2.45) is 0 Å². The molecule has 1 N–H and O–H groups in total. The van der Waals surface area contributed by atoms with Crippen LogP contribution >= 0.6 is 11.6 Å². The first-order valence-corrected chi connectivity index (χ1v) is 10.5. The molecule has 8 heteroatoms. The van der Waals surface area contributed by atoms with Gasteiger partial charge >= 0.3 is 0 Å². The molecule has 0 aromatic heterocycles. The fourth-order valence-corrected chi connectivity index (χ4v) is 4.73. The second kappa shape index (κ2) is 8.19. The number of amides is 1. The maximum absolute atomic E-state index is 13.0. The molecule has 0 bridgehead atoms. The second-order valence-electron chi connectivity index (χ2n) is 6.19. The minimum Gasteiger partial charge on any atom is -0.482 e. The van der Waals surface area contributed by atoms with Crippen LogP contribution < -0.4 is 14.4 Å². The molecular weight excluding hydrogens is 388 g/mol. The van der Waals surface area contributed by atoms with Gasteiger partial charge in [-0.05, 0) is 42.7 Å². The number of hydrogen-bond acceptors (Lipinski definition) is 4. The van der Waals surface area contributed by atoms with Gasteiger partial charge in [-0.15, -0.1) is 0 Å². The number of ether oxygens (including phenoxy) is 1. The highest BCUT2D eigenvalue weighted by atomic mass is 35.5. The van der Waals surface area contributed by atoms with E-state index in [2.05, 4.69) is 5.32 Å². The highest BCUT2D eigenvalue weighted by Crippen LogP contribution is 2.34. The summed E-state index contributed by atoms with van der Waals surface area (Å²) in [5.41, 5.74) is 1.70. The fraction of sp³-hybridized carbons (Fsp3) is 0.316. The Morgan fingerprint density at radius 1 is 1.26 bits per heavy atom. The lowest BCUT2D eigenvalue weighted by atomic mass is 10.2. The first kappa shape index (κ1) is 19.5. The van der Waals surface area contributed by atoms with Gasteiger partial charge in [0.1, 0.15) is 5.75 Å². The molecule has 6 nitrogen and oxygen atoms in total. The summed E-state index contributed by atoms with van der Waals surface area (Å²) in [6.45, 7) is 2.75. The monoisotopic (exact) mass is 408 g/mol. The van der Waals surface area contributed by atoms with E-state index in [0.29, 0.717) is 25.2 Å². The first-order chi connectivity index (χ1) is 12.9. The second-order valence-corrected chi connectivity index (χ2v) is 8.46. The molecule has 1 aliphatic rings. The van der Waals surface area contributed by atoms with E-state index in [1.165, 1.54) is 22.5 Å². The molecule has 0 fully saturated rings. The Bertz CT molecular complexity index is 946. The van der Waals surface area contributed by atoms with Gasteiger partial charge in [0, 0.05) is 13.1 Å². The number of para-hydroxylation sites is 1. The largest absolute Gasteiger partial charge is 0.482 e. The van der Waals surface area contributed by atoms with Gasteiger partial charge in [-0.3, -0.25) is 9.10 Å². The number of fused-ring (bicyclic) bond motifs is 1. The van der Waals surface area contributed by atoms with E-state index in [1.54, 1.807) is 6.07 Å². The number of anilines is 1. The Hall–Kier alpha value is -2.25. The van der Waals surface area contributed by atoms with E-state index in [9.17, 15) is 13.2 Å². The van der Waals surface area contributed by atoms with Crippen molar-refractivity contribution in [3.63, 3.8) is 0 Å². The minimum atomic E-state index is -3.72. The van der Waals surface area contributed by atoms with Crippen LogP contribution in [0.1, 0.15) is 18.9 Å². The summed E-state index contributed by atoms with van der Waals surface area (Å²) >= 11 is 6.19. The number of rotatable bonds is 7. The zero-order valence-electron chi connectivity index (χ0n) is 14.9. The van der Waals surface area contributed by atoms with Crippen molar-refractivity contribution >= 4 is 33.2 Å². The van der Waals surface area contributed by atoms with Crippen molar-refractivity contribution in [3.8, 4) is 5.75 Å². The molecule has 144 valence electrons. The molecular formula is C19H21ClN2O4S. The normalized spacial score (nSPS) is 13.3. The van der Waals surface area contributed by atoms with E-state index in [0.717, 1.165) is 12.0 Å². The molecule has 1 aliphatic heterocycles. The number of sulfonamides is 1.